The lowest BCUT2D eigenvalue weighted by atomic mass is 9.86. The standard InChI is InChI=1S/C18H27N3O3.ClH/c1-6-13-16(22)21-12-8-7-11(9-14(12)24-13)10(2)20-17(23)15(19)18(3,4)5;/h7-10,13,15H,6,19H2,1-5H3,(H,20,23)(H,21,22);1H/t10?,13?,15-;/m1./s1. The fourth-order valence-electron chi connectivity index (χ4n) is 2.48. The summed E-state index contributed by atoms with van der Waals surface area (Å²) in [5.41, 5.74) is 7.24. The number of benzene rings is 1. The van der Waals surface area contributed by atoms with Crippen molar-refractivity contribution in [1.29, 1.82) is 0 Å². The van der Waals surface area contributed by atoms with Crippen LogP contribution in [-0.4, -0.2) is 24.0 Å². The summed E-state index contributed by atoms with van der Waals surface area (Å²) < 4.78 is 5.74. The molecule has 0 aliphatic carbocycles. The number of fused-ring (bicyclic) bond motifs is 1. The maximum absolute atomic E-state index is 12.3. The Kier molecular flexibility index (Phi) is 6.85. The van der Waals surface area contributed by atoms with Gasteiger partial charge in [0.05, 0.1) is 17.8 Å². The zero-order valence-electron chi connectivity index (χ0n) is 15.4. The third-order valence-corrected chi connectivity index (χ3v) is 4.27. The summed E-state index contributed by atoms with van der Waals surface area (Å²) in [6, 6.07) is 4.71. The van der Waals surface area contributed by atoms with E-state index in [4.69, 9.17) is 10.5 Å². The van der Waals surface area contributed by atoms with Gasteiger partial charge in [0.2, 0.25) is 5.91 Å². The van der Waals surface area contributed by atoms with E-state index >= 15 is 0 Å². The molecule has 7 heteroatoms. The van der Waals surface area contributed by atoms with Crippen molar-refractivity contribution in [3.05, 3.63) is 23.8 Å². The molecule has 2 amide bonds. The Labute approximate surface area is 155 Å². The minimum atomic E-state index is -0.586. The molecule has 25 heavy (non-hydrogen) atoms. The first-order valence-electron chi connectivity index (χ1n) is 8.31. The number of ether oxygens (including phenoxy) is 1. The van der Waals surface area contributed by atoms with Gasteiger partial charge in [-0.2, -0.15) is 0 Å². The number of anilines is 1. The molecule has 3 atom stereocenters. The molecule has 4 N–H and O–H groups in total. The highest BCUT2D eigenvalue weighted by Gasteiger charge is 2.29. The number of amides is 2. The van der Waals surface area contributed by atoms with E-state index in [-0.39, 0.29) is 35.7 Å². The van der Waals surface area contributed by atoms with Gasteiger partial charge in [0.15, 0.2) is 6.10 Å². The van der Waals surface area contributed by atoms with Gasteiger partial charge in [-0.05, 0) is 36.5 Å². The molecule has 6 nitrogen and oxygen atoms in total. The highest BCUT2D eigenvalue weighted by atomic mass is 35.5. The molecule has 0 bridgehead atoms. The fourth-order valence-corrected chi connectivity index (χ4v) is 2.48. The molecule has 140 valence electrons. The highest BCUT2D eigenvalue weighted by Crippen LogP contribution is 2.33. The molecule has 2 unspecified atom stereocenters. The molecule has 0 fully saturated rings. The van der Waals surface area contributed by atoms with E-state index in [2.05, 4.69) is 10.6 Å². The van der Waals surface area contributed by atoms with Gasteiger partial charge in [-0.15, -0.1) is 12.4 Å². The average Bonchev–Trinajstić information content (AvgIpc) is 2.51. The van der Waals surface area contributed by atoms with Crippen LogP contribution in [0, 0.1) is 5.41 Å². The second-order valence-electron chi connectivity index (χ2n) is 7.33. The second kappa shape index (κ2) is 8.06. The topological polar surface area (TPSA) is 93.4 Å². The van der Waals surface area contributed by atoms with Crippen molar-refractivity contribution < 1.29 is 14.3 Å². The summed E-state index contributed by atoms with van der Waals surface area (Å²) >= 11 is 0. The Morgan fingerprint density at radius 1 is 1.40 bits per heavy atom. The molecule has 1 aliphatic heterocycles. The zero-order chi connectivity index (χ0) is 18.1. The fraction of sp³-hybridized carbons (Fsp3) is 0.556. The van der Waals surface area contributed by atoms with Gasteiger partial charge in [-0.1, -0.05) is 33.8 Å². The Morgan fingerprint density at radius 3 is 2.60 bits per heavy atom. The number of halogens is 1. The molecule has 1 aromatic rings. The average molecular weight is 370 g/mol. The molecule has 1 aliphatic rings. The van der Waals surface area contributed by atoms with E-state index < -0.39 is 12.1 Å². The van der Waals surface area contributed by atoms with Crippen molar-refractivity contribution >= 4 is 29.9 Å². The predicted octanol–water partition coefficient (Wildman–Crippen LogP) is 2.77. The molecular weight excluding hydrogens is 342 g/mol. The molecule has 0 aromatic heterocycles. The van der Waals surface area contributed by atoms with Crippen molar-refractivity contribution in [2.24, 2.45) is 11.1 Å². The van der Waals surface area contributed by atoms with Crippen LogP contribution in [-0.2, 0) is 9.59 Å². The van der Waals surface area contributed by atoms with Crippen LogP contribution < -0.4 is 21.1 Å². The van der Waals surface area contributed by atoms with Crippen LogP contribution in [0.1, 0.15) is 52.6 Å². The molecule has 0 saturated heterocycles. The van der Waals surface area contributed by atoms with Gasteiger partial charge in [-0.3, -0.25) is 9.59 Å². The minimum absolute atomic E-state index is 0. The Bertz CT molecular complexity index is 643. The molecule has 1 heterocycles. The van der Waals surface area contributed by atoms with Crippen LogP contribution in [0.3, 0.4) is 0 Å². The normalized spacial score (nSPS) is 18.8. The molecular formula is C18H28ClN3O3. The zero-order valence-corrected chi connectivity index (χ0v) is 16.2. The summed E-state index contributed by atoms with van der Waals surface area (Å²) in [6.45, 7) is 9.59. The lowest BCUT2D eigenvalue weighted by Gasteiger charge is -2.28. The number of rotatable bonds is 4. The minimum Gasteiger partial charge on any atom is -0.478 e. The van der Waals surface area contributed by atoms with Gasteiger partial charge in [0.1, 0.15) is 5.75 Å². The lowest BCUT2D eigenvalue weighted by molar-refractivity contribution is -0.125. The van der Waals surface area contributed by atoms with E-state index in [1.54, 1.807) is 6.07 Å². The van der Waals surface area contributed by atoms with E-state index in [1.807, 2.05) is 46.8 Å². The largest absolute Gasteiger partial charge is 0.478 e. The van der Waals surface area contributed by atoms with E-state index in [0.29, 0.717) is 17.9 Å². The highest BCUT2D eigenvalue weighted by molar-refractivity contribution is 5.97. The predicted molar refractivity (Wildman–Crippen MR) is 101 cm³/mol. The third kappa shape index (κ3) is 4.86. The first-order chi connectivity index (χ1) is 11.1. The molecule has 0 radical (unpaired) electrons. The van der Waals surface area contributed by atoms with Gasteiger partial charge in [0.25, 0.3) is 5.91 Å². The van der Waals surface area contributed by atoms with E-state index in [0.717, 1.165) is 5.56 Å². The summed E-state index contributed by atoms with van der Waals surface area (Å²) in [5, 5.41) is 5.77. The summed E-state index contributed by atoms with van der Waals surface area (Å²) in [6.07, 6.45) is 0.120. The Hall–Kier alpha value is -1.79. The van der Waals surface area contributed by atoms with Crippen LogP contribution >= 0.6 is 12.4 Å². The van der Waals surface area contributed by atoms with Crippen molar-refractivity contribution in [3.63, 3.8) is 0 Å². The van der Waals surface area contributed by atoms with Crippen molar-refractivity contribution in [1.82, 2.24) is 5.32 Å². The van der Waals surface area contributed by atoms with Gasteiger partial charge < -0.3 is 21.1 Å². The van der Waals surface area contributed by atoms with E-state index in [9.17, 15) is 9.59 Å². The lowest BCUT2D eigenvalue weighted by Crippen LogP contribution is -2.49. The van der Waals surface area contributed by atoms with E-state index in [1.165, 1.54) is 0 Å². The van der Waals surface area contributed by atoms with Crippen molar-refractivity contribution in [2.75, 3.05) is 5.32 Å². The number of hydrogen-bond acceptors (Lipinski definition) is 4. The second-order valence-corrected chi connectivity index (χ2v) is 7.33. The van der Waals surface area contributed by atoms with Crippen LogP contribution in [0.15, 0.2) is 18.2 Å². The van der Waals surface area contributed by atoms with Crippen LogP contribution in [0.5, 0.6) is 5.75 Å². The third-order valence-electron chi connectivity index (χ3n) is 4.27. The number of nitrogens with two attached hydrogens (primary N) is 1. The molecule has 0 spiro atoms. The SMILES string of the molecule is CCC1Oc2cc(C(C)NC(=O)[C@@H](N)C(C)(C)C)ccc2NC1=O.Cl. The van der Waals surface area contributed by atoms with Crippen LogP contribution in [0.4, 0.5) is 5.69 Å². The number of carbonyl (C=O) groups excluding carboxylic acids is 2. The van der Waals surface area contributed by atoms with Crippen LogP contribution in [0.2, 0.25) is 0 Å². The monoisotopic (exact) mass is 369 g/mol. The van der Waals surface area contributed by atoms with Crippen LogP contribution in [0.25, 0.3) is 0 Å². The number of hydrogen-bond donors (Lipinski definition) is 3. The van der Waals surface area contributed by atoms with Gasteiger partial charge in [-0.25, -0.2) is 0 Å². The first kappa shape index (κ1) is 21.3. The quantitative estimate of drug-likeness (QED) is 0.760. The molecule has 2 rings (SSSR count). The molecule has 0 saturated carbocycles. The van der Waals surface area contributed by atoms with Crippen molar-refractivity contribution in [3.8, 4) is 5.75 Å². The van der Waals surface area contributed by atoms with Gasteiger partial charge >= 0.3 is 0 Å². The Morgan fingerprint density at radius 2 is 2.04 bits per heavy atom. The van der Waals surface area contributed by atoms with Gasteiger partial charge in [0, 0.05) is 0 Å². The maximum atomic E-state index is 12.3. The maximum Gasteiger partial charge on any atom is 0.265 e. The first-order valence-corrected chi connectivity index (χ1v) is 8.31. The Balaban J connectivity index is 0.00000312. The summed E-state index contributed by atoms with van der Waals surface area (Å²) in [5.74, 6) is 0.309. The molecule has 1 aromatic carbocycles. The van der Waals surface area contributed by atoms with Crippen molar-refractivity contribution in [2.45, 2.75) is 59.2 Å². The smallest absolute Gasteiger partial charge is 0.265 e. The number of carbonyl (C=O) groups is 2. The summed E-state index contributed by atoms with van der Waals surface area (Å²) in [4.78, 5) is 24.1. The summed E-state index contributed by atoms with van der Waals surface area (Å²) in [7, 11) is 0. The number of nitrogens with one attached hydrogen (secondary N) is 2.